The van der Waals surface area contributed by atoms with E-state index in [-0.39, 0.29) is 0 Å². The number of nitrogens with zero attached hydrogens (tertiary/aromatic N) is 1. The molecule has 0 aliphatic carbocycles. The summed E-state index contributed by atoms with van der Waals surface area (Å²) >= 11 is 1.87. The molecule has 10 aromatic rings. The molecule has 1 aromatic heterocycles. The minimum Gasteiger partial charge on any atom is -0.310 e. The Hall–Kier alpha value is -6.22. The van der Waals surface area contributed by atoms with Crippen LogP contribution >= 0.6 is 11.3 Å². The molecule has 9 aromatic carbocycles. The second-order valence-electron chi connectivity index (χ2n) is 12.9. The van der Waals surface area contributed by atoms with Crippen LogP contribution in [0.25, 0.3) is 74.7 Å². The lowest BCUT2D eigenvalue weighted by molar-refractivity contribution is 1.30. The Morgan fingerprint density at radius 2 is 0.980 bits per heavy atom. The third kappa shape index (κ3) is 4.76. The second kappa shape index (κ2) is 11.7. The normalized spacial score (nSPS) is 11.6. The molecular formula is C48H31NS. The van der Waals surface area contributed by atoms with Gasteiger partial charge in [0.15, 0.2) is 0 Å². The largest absolute Gasteiger partial charge is 0.310 e. The van der Waals surface area contributed by atoms with Gasteiger partial charge in [-0.05, 0) is 109 Å². The van der Waals surface area contributed by atoms with Crippen LogP contribution in [-0.2, 0) is 0 Å². The second-order valence-corrected chi connectivity index (χ2v) is 14.0. The van der Waals surface area contributed by atoms with Crippen LogP contribution in [0.3, 0.4) is 0 Å². The summed E-state index contributed by atoms with van der Waals surface area (Å²) in [5.41, 5.74) is 8.29. The van der Waals surface area contributed by atoms with E-state index in [4.69, 9.17) is 0 Å². The number of hydrogen-bond acceptors (Lipinski definition) is 2. The topological polar surface area (TPSA) is 3.24 Å². The molecular weight excluding hydrogens is 623 g/mol. The van der Waals surface area contributed by atoms with E-state index in [0.717, 1.165) is 11.4 Å². The number of anilines is 3. The van der Waals surface area contributed by atoms with Crippen molar-refractivity contribution in [3.05, 3.63) is 188 Å². The lowest BCUT2D eigenvalue weighted by atomic mass is 9.93. The van der Waals surface area contributed by atoms with Crippen molar-refractivity contribution in [2.24, 2.45) is 0 Å². The Kier molecular flexibility index (Phi) is 6.75. The highest BCUT2D eigenvalue weighted by Crippen LogP contribution is 2.47. The monoisotopic (exact) mass is 653 g/mol. The highest BCUT2D eigenvalue weighted by atomic mass is 32.1. The Balaban J connectivity index is 1.21. The molecule has 50 heavy (non-hydrogen) atoms. The van der Waals surface area contributed by atoms with Crippen LogP contribution in [0.15, 0.2) is 188 Å². The van der Waals surface area contributed by atoms with Crippen LogP contribution in [-0.4, -0.2) is 0 Å². The maximum atomic E-state index is 2.45. The zero-order valence-electron chi connectivity index (χ0n) is 27.3. The minimum atomic E-state index is 1.12. The Labute approximate surface area is 294 Å². The van der Waals surface area contributed by atoms with Crippen molar-refractivity contribution >= 4 is 80.9 Å². The molecule has 1 heterocycles. The third-order valence-electron chi connectivity index (χ3n) is 10.00. The average Bonchev–Trinajstić information content (AvgIpc) is 3.55. The molecule has 0 aliphatic heterocycles. The predicted octanol–water partition coefficient (Wildman–Crippen LogP) is 14.3. The van der Waals surface area contributed by atoms with E-state index in [1.807, 2.05) is 11.3 Å². The summed E-state index contributed by atoms with van der Waals surface area (Å²) in [7, 11) is 0. The van der Waals surface area contributed by atoms with Crippen molar-refractivity contribution in [3.63, 3.8) is 0 Å². The van der Waals surface area contributed by atoms with Crippen molar-refractivity contribution in [2.45, 2.75) is 0 Å². The molecule has 2 heteroatoms. The van der Waals surface area contributed by atoms with Crippen molar-refractivity contribution < 1.29 is 0 Å². The third-order valence-corrected chi connectivity index (χ3v) is 11.1. The summed E-state index contributed by atoms with van der Waals surface area (Å²) in [6.07, 6.45) is 0. The van der Waals surface area contributed by atoms with Crippen LogP contribution in [0.5, 0.6) is 0 Å². The molecule has 0 saturated carbocycles. The van der Waals surface area contributed by atoms with Gasteiger partial charge in [0, 0.05) is 31.5 Å². The Morgan fingerprint density at radius 3 is 1.80 bits per heavy atom. The maximum absolute atomic E-state index is 2.45. The van der Waals surface area contributed by atoms with E-state index in [9.17, 15) is 0 Å². The quantitative estimate of drug-likeness (QED) is 0.167. The zero-order valence-corrected chi connectivity index (χ0v) is 28.1. The Morgan fingerprint density at radius 1 is 0.340 bits per heavy atom. The van der Waals surface area contributed by atoms with Crippen LogP contribution in [0.2, 0.25) is 0 Å². The standard InChI is InChI=1S/C48H31NS/c1-2-12-32(13-3-1)33-24-26-38(27-25-33)49(45-22-11-23-46-48(45)44-29-34-14-4-5-15-35(34)31-47(44)50-46)39-18-10-17-36(28-39)43-30-37-16-6-7-19-40(37)41-20-8-9-21-42(41)43/h1-31H. The summed E-state index contributed by atoms with van der Waals surface area (Å²) in [6.45, 7) is 0. The highest BCUT2D eigenvalue weighted by molar-refractivity contribution is 7.26. The molecule has 0 amide bonds. The van der Waals surface area contributed by atoms with E-state index in [1.54, 1.807) is 0 Å². The Bertz CT molecular complexity index is 2870. The van der Waals surface area contributed by atoms with Gasteiger partial charge in [0.25, 0.3) is 0 Å². The van der Waals surface area contributed by atoms with E-state index in [1.165, 1.54) is 80.4 Å². The SMILES string of the molecule is c1ccc(-c2ccc(N(c3cccc(-c4cc5ccccc5c5ccccc45)c3)c3cccc4sc5cc6ccccc6cc5c34)cc2)cc1. The molecule has 0 bridgehead atoms. The lowest BCUT2D eigenvalue weighted by Crippen LogP contribution is -2.10. The summed E-state index contributed by atoms with van der Waals surface area (Å²) < 4.78 is 2.59. The molecule has 234 valence electrons. The predicted molar refractivity (Wildman–Crippen MR) is 217 cm³/mol. The fourth-order valence-electron chi connectivity index (χ4n) is 7.65. The molecule has 0 fully saturated rings. The van der Waals surface area contributed by atoms with E-state index in [0.29, 0.717) is 0 Å². The van der Waals surface area contributed by atoms with E-state index < -0.39 is 0 Å². The number of hydrogen-bond donors (Lipinski definition) is 0. The summed E-state index contributed by atoms with van der Waals surface area (Å²) in [5, 5.41) is 10.2. The fraction of sp³-hybridized carbons (Fsp3) is 0. The molecule has 0 radical (unpaired) electrons. The first-order chi connectivity index (χ1) is 24.8. The fourth-order valence-corrected chi connectivity index (χ4v) is 8.80. The highest BCUT2D eigenvalue weighted by Gasteiger charge is 2.20. The average molecular weight is 654 g/mol. The molecule has 0 saturated heterocycles. The number of fused-ring (bicyclic) bond motifs is 7. The zero-order chi connectivity index (χ0) is 33.0. The molecule has 0 N–H and O–H groups in total. The van der Waals surface area contributed by atoms with Gasteiger partial charge in [-0.15, -0.1) is 11.3 Å². The van der Waals surface area contributed by atoms with Crippen molar-refractivity contribution in [3.8, 4) is 22.3 Å². The van der Waals surface area contributed by atoms with Gasteiger partial charge in [0.05, 0.1) is 5.69 Å². The molecule has 0 atom stereocenters. The van der Waals surface area contributed by atoms with Crippen LogP contribution in [0.4, 0.5) is 17.1 Å². The van der Waals surface area contributed by atoms with Gasteiger partial charge >= 0.3 is 0 Å². The van der Waals surface area contributed by atoms with Gasteiger partial charge in [-0.2, -0.15) is 0 Å². The van der Waals surface area contributed by atoms with Crippen molar-refractivity contribution in [1.29, 1.82) is 0 Å². The lowest BCUT2D eigenvalue weighted by Gasteiger charge is -2.27. The minimum absolute atomic E-state index is 1.12. The first kappa shape index (κ1) is 28.8. The smallest absolute Gasteiger partial charge is 0.0554 e. The van der Waals surface area contributed by atoms with E-state index >= 15 is 0 Å². The maximum Gasteiger partial charge on any atom is 0.0554 e. The van der Waals surface area contributed by atoms with Crippen LogP contribution in [0.1, 0.15) is 0 Å². The summed E-state index contributed by atoms with van der Waals surface area (Å²) in [4.78, 5) is 2.45. The number of rotatable bonds is 5. The van der Waals surface area contributed by atoms with Gasteiger partial charge < -0.3 is 4.90 Å². The molecule has 1 nitrogen and oxygen atoms in total. The number of benzene rings is 9. The van der Waals surface area contributed by atoms with Gasteiger partial charge in [-0.25, -0.2) is 0 Å². The van der Waals surface area contributed by atoms with Crippen LogP contribution in [0, 0.1) is 0 Å². The van der Waals surface area contributed by atoms with Gasteiger partial charge in [-0.3, -0.25) is 0 Å². The van der Waals surface area contributed by atoms with Crippen LogP contribution < -0.4 is 4.90 Å². The molecule has 0 spiro atoms. The number of thiophene rings is 1. The van der Waals surface area contributed by atoms with Crippen molar-refractivity contribution in [1.82, 2.24) is 0 Å². The molecule has 0 aliphatic rings. The van der Waals surface area contributed by atoms with E-state index in [2.05, 4.69) is 193 Å². The van der Waals surface area contributed by atoms with Gasteiger partial charge in [0.2, 0.25) is 0 Å². The first-order valence-electron chi connectivity index (χ1n) is 17.1. The van der Waals surface area contributed by atoms with Gasteiger partial charge in [0.1, 0.15) is 0 Å². The molecule has 0 unspecified atom stereocenters. The molecule has 10 rings (SSSR count). The summed E-state index contributed by atoms with van der Waals surface area (Å²) in [5.74, 6) is 0. The van der Waals surface area contributed by atoms with Crippen molar-refractivity contribution in [2.75, 3.05) is 4.90 Å². The summed E-state index contributed by atoms with van der Waals surface area (Å²) in [6, 6.07) is 68.8. The van der Waals surface area contributed by atoms with Gasteiger partial charge in [-0.1, -0.05) is 133 Å². The first-order valence-corrected chi connectivity index (χ1v) is 17.9.